The van der Waals surface area contributed by atoms with Gasteiger partial charge in [-0.2, -0.15) is 0 Å². The molecule has 3 rings (SSSR count). The van der Waals surface area contributed by atoms with Gasteiger partial charge in [0, 0.05) is 6.04 Å². The zero-order chi connectivity index (χ0) is 13.9. The summed E-state index contributed by atoms with van der Waals surface area (Å²) in [6, 6.07) is 9.48. The molecule has 2 aliphatic carbocycles. The van der Waals surface area contributed by atoms with E-state index in [1.807, 2.05) is 0 Å². The Bertz CT molecular complexity index is 439. The van der Waals surface area contributed by atoms with Crippen molar-refractivity contribution in [2.24, 2.45) is 17.8 Å². The van der Waals surface area contributed by atoms with Gasteiger partial charge in [-0.05, 0) is 62.1 Å². The minimum Gasteiger partial charge on any atom is -0.313 e. The van der Waals surface area contributed by atoms with Crippen LogP contribution in [0, 0.1) is 24.7 Å². The molecule has 0 spiro atoms. The van der Waals surface area contributed by atoms with Crippen LogP contribution in [0.15, 0.2) is 24.3 Å². The normalized spacial score (nSPS) is 31.6. The van der Waals surface area contributed by atoms with Crippen molar-refractivity contribution in [3.8, 4) is 0 Å². The molecule has 110 valence electrons. The van der Waals surface area contributed by atoms with E-state index in [9.17, 15) is 0 Å². The molecule has 1 aromatic carbocycles. The van der Waals surface area contributed by atoms with Gasteiger partial charge in [0.2, 0.25) is 0 Å². The third-order valence-corrected chi connectivity index (χ3v) is 5.89. The third kappa shape index (κ3) is 2.79. The first kappa shape index (κ1) is 14.1. The summed E-state index contributed by atoms with van der Waals surface area (Å²) in [5, 5.41) is 3.62. The molecular weight excluding hydrogens is 242 g/mol. The van der Waals surface area contributed by atoms with Gasteiger partial charge in [0.1, 0.15) is 0 Å². The maximum Gasteiger partial charge on any atom is 0.0348 e. The highest BCUT2D eigenvalue weighted by Gasteiger charge is 2.35. The standard InChI is InChI=1S/C19H29N/c1-14-7-3-6-10-18(14)19(20-2)17-12-11-15-8-4-5-9-16(15)13-17/h3,6-7,10,15-17,19-20H,4-5,8-9,11-13H2,1-2H3. The Balaban J connectivity index is 1.75. The van der Waals surface area contributed by atoms with Crippen LogP contribution in [0.3, 0.4) is 0 Å². The van der Waals surface area contributed by atoms with Crippen LogP contribution in [0.5, 0.6) is 0 Å². The number of hydrogen-bond acceptors (Lipinski definition) is 1. The quantitative estimate of drug-likeness (QED) is 0.827. The predicted molar refractivity (Wildman–Crippen MR) is 85.8 cm³/mol. The average Bonchev–Trinajstić information content (AvgIpc) is 2.50. The van der Waals surface area contributed by atoms with Crippen molar-refractivity contribution in [1.82, 2.24) is 5.32 Å². The van der Waals surface area contributed by atoms with Gasteiger partial charge >= 0.3 is 0 Å². The number of hydrogen-bond donors (Lipinski definition) is 1. The lowest BCUT2D eigenvalue weighted by Gasteiger charge is -2.42. The number of aryl methyl sites for hydroxylation is 1. The van der Waals surface area contributed by atoms with Crippen molar-refractivity contribution >= 4 is 0 Å². The van der Waals surface area contributed by atoms with Crippen LogP contribution in [0.25, 0.3) is 0 Å². The minimum absolute atomic E-state index is 0.555. The molecule has 1 heteroatoms. The van der Waals surface area contributed by atoms with E-state index >= 15 is 0 Å². The van der Waals surface area contributed by atoms with Crippen LogP contribution in [0.1, 0.15) is 62.1 Å². The molecule has 1 nitrogen and oxygen atoms in total. The first-order valence-electron chi connectivity index (χ1n) is 8.52. The van der Waals surface area contributed by atoms with Gasteiger partial charge in [0.15, 0.2) is 0 Å². The SMILES string of the molecule is CNC(c1ccccc1C)C1CCC2CCCCC2C1. The summed E-state index contributed by atoms with van der Waals surface area (Å²) in [4.78, 5) is 0. The fourth-order valence-corrected chi connectivity index (χ4v) is 4.79. The first-order chi connectivity index (χ1) is 9.79. The number of benzene rings is 1. The lowest BCUT2D eigenvalue weighted by molar-refractivity contribution is 0.111. The fourth-order valence-electron chi connectivity index (χ4n) is 4.79. The molecule has 0 heterocycles. The smallest absolute Gasteiger partial charge is 0.0348 e. The molecular formula is C19H29N. The molecule has 1 aromatic rings. The van der Waals surface area contributed by atoms with Gasteiger partial charge < -0.3 is 5.32 Å². The Morgan fingerprint density at radius 2 is 1.75 bits per heavy atom. The van der Waals surface area contributed by atoms with Gasteiger partial charge in [0.25, 0.3) is 0 Å². The van der Waals surface area contributed by atoms with Crippen LogP contribution < -0.4 is 5.32 Å². The van der Waals surface area contributed by atoms with Gasteiger partial charge in [-0.25, -0.2) is 0 Å². The molecule has 4 unspecified atom stereocenters. The van der Waals surface area contributed by atoms with E-state index < -0.39 is 0 Å². The van der Waals surface area contributed by atoms with Crippen LogP contribution in [-0.4, -0.2) is 7.05 Å². The lowest BCUT2D eigenvalue weighted by atomic mass is 9.65. The predicted octanol–water partition coefficient (Wildman–Crippen LogP) is 4.86. The van der Waals surface area contributed by atoms with Crippen molar-refractivity contribution in [1.29, 1.82) is 0 Å². The molecule has 0 bridgehead atoms. The molecule has 0 amide bonds. The van der Waals surface area contributed by atoms with Gasteiger partial charge in [-0.3, -0.25) is 0 Å². The monoisotopic (exact) mass is 271 g/mol. The summed E-state index contributed by atoms with van der Waals surface area (Å²) < 4.78 is 0. The van der Waals surface area contributed by atoms with Crippen LogP contribution in [-0.2, 0) is 0 Å². The number of fused-ring (bicyclic) bond motifs is 1. The highest BCUT2D eigenvalue weighted by molar-refractivity contribution is 5.29. The Morgan fingerprint density at radius 1 is 1.00 bits per heavy atom. The van der Waals surface area contributed by atoms with E-state index in [4.69, 9.17) is 0 Å². The molecule has 0 aromatic heterocycles. The highest BCUT2D eigenvalue weighted by Crippen LogP contribution is 2.46. The summed E-state index contributed by atoms with van der Waals surface area (Å²) in [5.41, 5.74) is 2.96. The van der Waals surface area contributed by atoms with E-state index in [0.29, 0.717) is 6.04 Å². The minimum atomic E-state index is 0.555. The summed E-state index contributed by atoms with van der Waals surface area (Å²) >= 11 is 0. The van der Waals surface area contributed by atoms with Crippen molar-refractivity contribution < 1.29 is 0 Å². The van der Waals surface area contributed by atoms with E-state index in [-0.39, 0.29) is 0 Å². The Kier molecular flexibility index (Phi) is 4.45. The average molecular weight is 271 g/mol. The molecule has 0 radical (unpaired) electrons. The third-order valence-electron chi connectivity index (χ3n) is 5.89. The summed E-state index contributed by atoms with van der Waals surface area (Å²) in [7, 11) is 2.14. The Hall–Kier alpha value is -0.820. The summed E-state index contributed by atoms with van der Waals surface area (Å²) in [5.74, 6) is 2.90. The maximum atomic E-state index is 3.62. The fraction of sp³-hybridized carbons (Fsp3) is 0.684. The second-order valence-electron chi connectivity index (χ2n) is 7.00. The van der Waals surface area contributed by atoms with E-state index in [0.717, 1.165) is 17.8 Å². The second kappa shape index (κ2) is 6.30. The molecule has 0 saturated heterocycles. The van der Waals surface area contributed by atoms with Crippen molar-refractivity contribution in [2.75, 3.05) is 7.05 Å². The molecule has 1 N–H and O–H groups in total. The van der Waals surface area contributed by atoms with Crippen molar-refractivity contribution in [2.45, 2.75) is 57.9 Å². The molecule has 4 atom stereocenters. The van der Waals surface area contributed by atoms with Crippen molar-refractivity contribution in [3.05, 3.63) is 35.4 Å². The first-order valence-corrected chi connectivity index (χ1v) is 8.52. The summed E-state index contributed by atoms with van der Waals surface area (Å²) in [6.45, 7) is 2.26. The molecule has 20 heavy (non-hydrogen) atoms. The second-order valence-corrected chi connectivity index (χ2v) is 7.00. The topological polar surface area (TPSA) is 12.0 Å². The van der Waals surface area contributed by atoms with E-state index in [1.54, 1.807) is 0 Å². The number of nitrogens with one attached hydrogen (secondary N) is 1. The van der Waals surface area contributed by atoms with Gasteiger partial charge in [-0.15, -0.1) is 0 Å². The van der Waals surface area contributed by atoms with Crippen LogP contribution in [0.4, 0.5) is 0 Å². The highest BCUT2D eigenvalue weighted by atomic mass is 14.9. The van der Waals surface area contributed by atoms with Crippen molar-refractivity contribution in [3.63, 3.8) is 0 Å². The lowest BCUT2D eigenvalue weighted by Crippen LogP contribution is -2.34. The van der Waals surface area contributed by atoms with Gasteiger partial charge in [0.05, 0.1) is 0 Å². The van der Waals surface area contributed by atoms with E-state index in [1.165, 1.54) is 56.1 Å². The molecule has 2 fully saturated rings. The van der Waals surface area contributed by atoms with Crippen LogP contribution in [0.2, 0.25) is 0 Å². The molecule has 2 saturated carbocycles. The Labute approximate surface area is 124 Å². The number of rotatable bonds is 3. The van der Waals surface area contributed by atoms with E-state index in [2.05, 4.69) is 43.6 Å². The zero-order valence-corrected chi connectivity index (χ0v) is 13.1. The largest absolute Gasteiger partial charge is 0.313 e. The maximum absolute atomic E-state index is 3.62. The van der Waals surface area contributed by atoms with Crippen LogP contribution >= 0.6 is 0 Å². The van der Waals surface area contributed by atoms with Gasteiger partial charge in [-0.1, -0.05) is 49.9 Å². The molecule has 2 aliphatic rings. The Morgan fingerprint density at radius 3 is 2.50 bits per heavy atom. The summed E-state index contributed by atoms with van der Waals surface area (Å²) in [6.07, 6.45) is 10.3. The molecule has 0 aliphatic heterocycles. The zero-order valence-electron chi connectivity index (χ0n) is 13.1.